The molecule has 3 atom stereocenters. The molecule has 0 bridgehead atoms. The SMILES string of the molecule is Cl.NCCC(=O)NCC1CCCCN1C(=O)C1CC1c1ccc2ccccc2c1. The normalized spacial score (nSPS) is 23.3. The van der Waals surface area contributed by atoms with Gasteiger partial charge in [0.25, 0.3) is 0 Å². The molecule has 2 fully saturated rings. The molecule has 1 saturated heterocycles. The first kappa shape index (κ1) is 21.6. The topological polar surface area (TPSA) is 75.4 Å². The van der Waals surface area contributed by atoms with Crippen molar-refractivity contribution in [3.8, 4) is 0 Å². The van der Waals surface area contributed by atoms with Gasteiger partial charge in [0, 0.05) is 38.0 Å². The second-order valence-electron chi connectivity index (χ2n) is 8.08. The van der Waals surface area contributed by atoms with Crippen LogP contribution in [0.4, 0.5) is 0 Å². The summed E-state index contributed by atoms with van der Waals surface area (Å²) in [6.45, 7) is 1.70. The Morgan fingerprint density at radius 3 is 2.69 bits per heavy atom. The van der Waals surface area contributed by atoms with Gasteiger partial charge >= 0.3 is 0 Å². The van der Waals surface area contributed by atoms with Gasteiger partial charge in [-0.15, -0.1) is 12.4 Å². The summed E-state index contributed by atoms with van der Waals surface area (Å²) in [5.74, 6) is 0.643. The first-order valence-corrected chi connectivity index (χ1v) is 10.4. The van der Waals surface area contributed by atoms with Crippen LogP contribution in [0.3, 0.4) is 0 Å². The summed E-state index contributed by atoms with van der Waals surface area (Å²) in [5.41, 5.74) is 6.71. The van der Waals surface area contributed by atoms with E-state index in [1.54, 1.807) is 0 Å². The summed E-state index contributed by atoms with van der Waals surface area (Å²) >= 11 is 0. The lowest BCUT2D eigenvalue weighted by Gasteiger charge is -2.36. The highest BCUT2D eigenvalue weighted by Crippen LogP contribution is 2.49. The number of piperidine rings is 1. The van der Waals surface area contributed by atoms with Gasteiger partial charge in [-0.25, -0.2) is 0 Å². The number of nitrogens with zero attached hydrogens (tertiary/aromatic N) is 1. The van der Waals surface area contributed by atoms with Crippen LogP contribution in [0.15, 0.2) is 42.5 Å². The Hall–Kier alpha value is -2.11. The van der Waals surface area contributed by atoms with Crippen molar-refractivity contribution in [2.75, 3.05) is 19.6 Å². The summed E-state index contributed by atoms with van der Waals surface area (Å²) in [6, 6.07) is 15.0. The number of hydrogen-bond donors (Lipinski definition) is 2. The maximum Gasteiger partial charge on any atom is 0.226 e. The highest BCUT2D eigenvalue weighted by molar-refractivity contribution is 5.86. The molecule has 5 nitrogen and oxygen atoms in total. The number of halogens is 1. The van der Waals surface area contributed by atoms with Crippen LogP contribution in [0.2, 0.25) is 0 Å². The third kappa shape index (κ3) is 4.90. The van der Waals surface area contributed by atoms with E-state index in [0.29, 0.717) is 25.4 Å². The third-order valence-corrected chi connectivity index (χ3v) is 6.13. The number of carbonyl (C=O) groups excluding carboxylic acids is 2. The summed E-state index contributed by atoms with van der Waals surface area (Å²) in [6.07, 6.45) is 4.39. The summed E-state index contributed by atoms with van der Waals surface area (Å²) in [4.78, 5) is 27.0. The molecule has 2 aromatic rings. The highest BCUT2D eigenvalue weighted by atomic mass is 35.5. The molecule has 0 aromatic heterocycles. The molecule has 3 unspecified atom stereocenters. The Bertz CT molecular complexity index is 872. The number of carbonyl (C=O) groups is 2. The molecule has 1 aliphatic carbocycles. The lowest BCUT2D eigenvalue weighted by Crippen LogP contribution is -2.50. The Labute approximate surface area is 178 Å². The second-order valence-corrected chi connectivity index (χ2v) is 8.08. The standard InChI is InChI=1S/C23H29N3O2.ClH/c24-11-10-22(27)25-15-19-7-3-4-12-26(19)23(28)21-14-20(21)18-9-8-16-5-1-2-6-17(16)13-18;/h1-2,5-6,8-9,13,19-21H,3-4,7,10-12,14-15,24H2,(H,25,27);1H. The minimum absolute atomic E-state index is 0. The van der Waals surface area contributed by atoms with E-state index in [2.05, 4.69) is 41.7 Å². The minimum Gasteiger partial charge on any atom is -0.354 e. The van der Waals surface area contributed by atoms with Crippen molar-refractivity contribution in [3.63, 3.8) is 0 Å². The van der Waals surface area contributed by atoms with Crippen molar-refractivity contribution >= 4 is 35.0 Å². The maximum atomic E-state index is 13.2. The number of nitrogens with two attached hydrogens (primary N) is 1. The quantitative estimate of drug-likeness (QED) is 0.760. The van der Waals surface area contributed by atoms with Gasteiger partial charge in [0.2, 0.25) is 11.8 Å². The number of hydrogen-bond acceptors (Lipinski definition) is 3. The fourth-order valence-corrected chi connectivity index (χ4v) is 4.44. The maximum absolute atomic E-state index is 13.2. The van der Waals surface area contributed by atoms with E-state index < -0.39 is 0 Å². The molecule has 2 amide bonds. The third-order valence-electron chi connectivity index (χ3n) is 6.13. The van der Waals surface area contributed by atoms with Crippen molar-refractivity contribution in [2.24, 2.45) is 11.7 Å². The molecule has 3 N–H and O–H groups in total. The predicted molar refractivity (Wildman–Crippen MR) is 118 cm³/mol. The zero-order valence-electron chi connectivity index (χ0n) is 16.7. The molecule has 156 valence electrons. The van der Waals surface area contributed by atoms with Crippen LogP contribution in [-0.4, -0.2) is 42.4 Å². The van der Waals surface area contributed by atoms with Gasteiger partial charge in [-0.1, -0.05) is 42.5 Å². The summed E-state index contributed by atoms with van der Waals surface area (Å²) < 4.78 is 0. The zero-order valence-corrected chi connectivity index (χ0v) is 17.5. The van der Waals surface area contributed by atoms with E-state index in [9.17, 15) is 9.59 Å². The van der Waals surface area contributed by atoms with E-state index in [1.807, 2.05) is 11.0 Å². The van der Waals surface area contributed by atoms with Gasteiger partial charge in [-0.3, -0.25) is 9.59 Å². The van der Waals surface area contributed by atoms with E-state index in [0.717, 1.165) is 32.2 Å². The van der Waals surface area contributed by atoms with Gasteiger partial charge in [0.1, 0.15) is 0 Å². The molecule has 4 rings (SSSR count). The van der Waals surface area contributed by atoms with Crippen LogP contribution >= 0.6 is 12.4 Å². The Morgan fingerprint density at radius 2 is 1.90 bits per heavy atom. The lowest BCUT2D eigenvalue weighted by atomic mass is 10.00. The first-order valence-electron chi connectivity index (χ1n) is 10.4. The largest absolute Gasteiger partial charge is 0.354 e. The van der Waals surface area contributed by atoms with Crippen molar-refractivity contribution < 1.29 is 9.59 Å². The first-order chi connectivity index (χ1) is 13.7. The van der Waals surface area contributed by atoms with Crippen molar-refractivity contribution in [2.45, 2.75) is 44.1 Å². The number of nitrogens with one attached hydrogen (secondary N) is 1. The van der Waals surface area contributed by atoms with E-state index in [-0.39, 0.29) is 36.2 Å². The van der Waals surface area contributed by atoms with E-state index in [1.165, 1.54) is 16.3 Å². The van der Waals surface area contributed by atoms with E-state index >= 15 is 0 Å². The molecule has 6 heteroatoms. The van der Waals surface area contributed by atoms with E-state index in [4.69, 9.17) is 5.73 Å². The molecule has 1 saturated carbocycles. The lowest BCUT2D eigenvalue weighted by molar-refractivity contribution is -0.137. The van der Waals surface area contributed by atoms with Gasteiger partial charge in [0.05, 0.1) is 0 Å². The van der Waals surface area contributed by atoms with Crippen LogP contribution in [0, 0.1) is 5.92 Å². The Kier molecular flexibility index (Phi) is 7.14. The fourth-order valence-electron chi connectivity index (χ4n) is 4.44. The van der Waals surface area contributed by atoms with Gasteiger partial charge in [-0.05, 0) is 47.9 Å². The number of fused-ring (bicyclic) bond motifs is 1. The van der Waals surface area contributed by atoms with Gasteiger partial charge in [-0.2, -0.15) is 0 Å². The molecule has 2 aliphatic rings. The molecule has 1 heterocycles. The molecule has 0 spiro atoms. The number of rotatable bonds is 6. The van der Waals surface area contributed by atoms with Crippen LogP contribution in [0.5, 0.6) is 0 Å². The predicted octanol–water partition coefficient (Wildman–Crippen LogP) is 3.21. The number of likely N-dealkylation sites (tertiary alicyclic amines) is 1. The van der Waals surface area contributed by atoms with Crippen LogP contribution in [-0.2, 0) is 9.59 Å². The van der Waals surface area contributed by atoms with Crippen LogP contribution < -0.4 is 11.1 Å². The summed E-state index contributed by atoms with van der Waals surface area (Å²) in [5, 5.41) is 5.42. The molecule has 2 aromatic carbocycles. The monoisotopic (exact) mass is 415 g/mol. The second kappa shape index (κ2) is 9.59. The van der Waals surface area contributed by atoms with Gasteiger partial charge in [0.15, 0.2) is 0 Å². The van der Waals surface area contributed by atoms with Crippen molar-refractivity contribution in [1.29, 1.82) is 0 Å². The fraction of sp³-hybridized carbons (Fsp3) is 0.478. The van der Waals surface area contributed by atoms with Crippen LogP contribution in [0.1, 0.15) is 43.6 Å². The number of amides is 2. The minimum atomic E-state index is -0.0269. The zero-order chi connectivity index (χ0) is 19.5. The molecular formula is C23H30ClN3O2. The molecular weight excluding hydrogens is 386 g/mol. The Balaban J connectivity index is 0.00000240. The highest BCUT2D eigenvalue weighted by Gasteiger charge is 2.47. The molecule has 0 radical (unpaired) electrons. The molecule has 1 aliphatic heterocycles. The number of benzene rings is 2. The van der Waals surface area contributed by atoms with Gasteiger partial charge < -0.3 is 16.0 Å². The smallest absolute Gasteiger partial charge is 0.226 e. The van der Waals surface area contributed by atoms with Crippen LogP contribution in [0.25, 0.3) is 10.8 Å². The van der Waals surface area contributed by atoms with Crippen molar-refractivity contribution in [1.82, 2.24) is 10.2 Å². The molecule has 29 heavy (non-hydrogen) atoms. The average Bonchev–Trinajstić information content (AvgIpc) is 3.53. The summed E-state index contributed by atoms with van der Waals surface area (Å²) in [7, 11) is 0. The van der Waals surface area contributed by atoms with Crippen molar-refractivity contribution in [3.05, 3.63) is 48.0 Å². The Morgan fingerprint density at radius 1 is 1.10 bits per heavy atom. The average molecular weight is 416 g/mol.